The fourth-order valence-electron chi connectivity index (χ4n) is 4.31. The Kier molecular flexibility index (Phi) is 5.76. The van der Waals surface area contributed by atoms with Crippen molar-refractivity contribution >= 4 is 11.7 Å². The lowest BCUT2D eigenvalue weighted by molar-refractivity contribution is -0.00611. The van der Waals surface area contributed by atoms with Gasteiger partial charge in [-0.3, -0.25) is 9.59 Å². The molecule has 0 saturated carbocycles. The molecule has 2 aromatic carbocycles. The van der Waals surface area contributed by atoms with E-state index >= 15 is 0 Å². The number of fused-ring (bicyclic) bond motifs is 1. The summed E-state index contributed by atoms with van der Waals surface area (Å²) in [7, 11) is 3.09. The van der Waals surface area contributed by atoms with Gasteiger partial charge in [0.05, 0.1) is 27.2 Å². The van der Waals surface area contributed by atoms with Gasteiger partial charge in [0.15, 0.2) is 5.78 Å². The van der Waals surface area contributed by atoms with Crippen LogP contribution in [0.5, 0.6) is 23.0 Å². The monoisotopic (exact) mass is 425 g/mol. The molecule has 1 spiro atoms. The van der Waals surface area contributed by atoms with E-state index in [-0.39, 0.29) is 18.1 Å². The molecule has 1 amide bonds. The highest BCUT2D eigenvalue weighted by Gasteiger charge is 2.45. The van der Waals surface area contributed by atoms with Crippen LogP contribution in [0.25, 0.3) is 0 Å². The maximum Gasteiger partial charge on any atom is 0.253 e. The van der Waals surface area contributed by atoms with E-state index in [0.717, 1.165) is 0 Å². The topological polar surface area (TPSA) is 74.3 Å². The highest BCUT2D eigenvalue weighted by atomic mass is 16.5. The van der Waals surface area contributed by atoms with Crippen molar-refractivity contribution in [2.24, 2.45) is 0 Å². The molecule has 0 bridgehead atoms. The molecule has 0 aliphatic carbocycles. The summed E-state index contributed by atoms with van der Waals surface area (Å²) in [5, 5.41) is 0. The number of likely N-dealkylation sites (tertiary alicyclic amines) is 1. The Hall–Kier alpha value is -3.22. The summed E-state index contributed by atoms with van der Waals surface area (Å²) in [6.45, 7) is 3.49. The Morgan fingerprint density at radius 2 is 1.87 bits per heavy atom. The lowest BCUT2D eigenvalue weighted by atomic mass is 9.82. The van der Waals surface area contributed by atoms with E-state index in [2.05, 4.69) is 0 Å². The summed E-state index contributed by atoms with van der Waals surface area (Å²) in [5.41, 5.74) is 0.438. The van der Waals surface area contributed by atoms with Gasteiger partial charge in [0.25, 0.3) is 5.91 Å². The number of Topliss-reactive ketones (excluding diaryl/α,β-unsaturated/α-hetero) is 1. The summed E-state index contributed by atoms with van der Waals surface area (Å²) in [6, 6.07) is 10.6. The summed E-state index contributed by atoms with van der Waals surface area (Å²) in [4.78, 5) is 27.8. The lowest BCUT2D eigenvalue weighted by Crippen LogP contribution is -2.52. The molecule has 2 aliphatic heterocycles. The Balaban J connectivity index is 1.50. The van der Waals surface area contributed by atoms with Gasteiger partial charge in [-0.05, 0) is 25.1 Å². The van der Waals surface area contributed by atoms with Crippen LogP contribution < -0.4 is 18.9 Å². The van der Waals surface area contributed by atoms with Gasteiger partial charge in [-0.25, -0.2) is 0 Å². The third-order valence-electron chi connectivity index (χ3n) is 5.94. The molecule has 1 saturated heterocycles. The van der Waals surface area contributed by atoms with E-state index in [1.165, 1.54) is 7.11 Å². The molecular weight excluding hydrogens is 398 g/mol. The van der Waals surface area contributed by atoms with Crippen molar-refractivity contribution in [3.8, 4) is 23.0 Å². The van der Waals surface area contributed by atoms with Gasteiger partial charge in [0, 0.05) is 43.6 Å². The zero-order valence-electron chi connectivity index (χ0n) is 18.1. The van der Waals surface area contributed by atoms with E-state index in [1.807, 2.05) is 24.0 Å². The number of methoxy groups -OCH3 is 2. The first-order valence-electron chi connectivity index (χ1n) is 10.5. The fraction of sp³-hybridized carbons (Fsp3) is 0.417. The first-order valence-corrected chi connectivity index (χ1v) is 10.5. The Morgan fingerprint density at radius 3 is 2.55 bits per heavy atom. The minimum atomic E-state index is -0.620. The number of amides is 1. The summed E-state index contributed by atoms with van der Waals surface area (Å²) < 4.78 is 22.6. The first-order chi connectivity index (χ1) is 15.0. The number of carbonyl (C=O) groups excluding carboxylic acids is 2. The van der Waals surface area contributed by atoms with Crippen LogP contribution in [0.1, 0.15) is 46.9 Å². The molecule has 2 heterocycles. The highest BCUT2D eigenvalue weighted by Crippen LogP contribution is 2.44. The van der Waals surface area contributed by atoms with Crippen molar-refractivity contribution < 1.29 is 28.5 Å². The number of benzene rings is 2. The third kappa shape index (κ3) is 4.04. The largest absolute Gasteiger partial charge is 0.496 e. The van der Waals surface area contributed by atoms with E-state index < -0.39 is 5.60 Å². The number of ketones is 1. The number of ether oxygens (including phenoxy) is 4. The minimum absolute atomic E-state index is 0.00931. The number of piperidine rings is 1. The van der Waals surface area contributed by atoms with Gasteiger partial charge in [-0.15, -0.1) is 0 Å². The van der Waals surface area contributed by atoms with Crippen molar-refractivity contribution in [1.29, 1.82) is 0 Å². The van der Waals surface area contributed by atoms with E-state index in [1.54, 1.807) is 31.4 Å². The molecule has 0 atom stereocenters. The van der Waals surface area contributed by atoms with Crippen molar-refractivity contribution in [3.63, 3.8) is 0 Å². The van der Waals surface area contributed by atoms with Crippen molar-refractivity contribution in [1.82, 2.24) is 4.90 Å². The predicted molar refractivity (Wildman–Crippen MR) is 115 cm³/mol. The minimum Gasteiger partial charge on any atom is -0.496 e. The van der Waals surface area contributed by atoms with Gasteiger partial charge in [-0.1, -0.05) is 6.07 Å². The highest BCUT2D eigenvalue weighted by molar-refractivity contribution is 6.03. The zero-order chi connectivity index (χ0) is 22.0. The van der Waals surface area contributed by atoms with Gasteiger partial charge >= 0.3 is 0 Å². The number of nitrogens with zero attached hydrogens (tertiary/aromatic N) is 1. The second kappa shape index (κ2) is 8.49. The molecule has 0 N–H and O–H groups in total. The fourth-order valence-corrected chi connectivity index (χ4v) is 4.31. The molecule has 7 heteroatoms. The van der Waals surface area contributed by atoms with Gasteiger partial charge in [0.1, 0.15) is 34.2 Å². The average molecular weight is 425 g/mol. The van der Waals surface area contributed by atoms with Crippen LogP contribution in [0.15, 0.2) is 36.4 Å². The molecule has 2 aliphatic rings. The van der Waals surface area contributed by atoms with Crippen LogP contribution in [0.2, 0.25) is 0 Å². The molecule has 0 radical (unpaired) electrons. The lowest BCUT2D eigenvalue weighted by Gasteiger charge is -2.44. The Morgan fingerprint density at radius 1 is 1.10 bits per heavy atom. The number of hydrogen-bond acceptors (Lipinski definition) is 6. The van der Waals surface area contributed by atoms with Gasteiger partial charge < -0.3 is 23.8 Å². The van der Waals surface area contributed by atoms with E-state index in [9.17, 15) is 9.59 Å². The summed E-state index contributed by atoms with van der Waals surface area (Å²) in [6.07, 6.45) is 1.42. The van der Waals surface area contributed by atoms with Crippen LogP contribution in [0.4, 0.5) is 0 Å². The molecular formula is C24H27NO6. The number of carbonyl (C=O) groups is 2. The molecule has 7 nitrogen and oxygen atoms in total. The molecule has 1 fully saturated rings. The van der Waals surface area contributed by atoms with Crippen LogP contribution >= 0.6 is 0 Å². The molecule has 0 aromatic heterocycles. The number of hydrogen-bond donors (Lipinski definition) is 0. The molecule has 164 valence electrons. The second-order valence-electron chi connectivity index (χ2n) is 7.84. The van der Waals surface area contributed by atoms with Crippen LogP contribution in [0, 0.1) is 0 Å². The predicted octanol–water partition coefficient (Wildman–Crippen LogP) is 3.74. The normalized spacial score (nSPS) is 17.0. The molecule has 31 heavy (non-hydrogen) atoms. The summed E-state index contributed by atoms with van der Waals surface area (Å²) in [5.74, 6) is 2.14. The van der Waals surface area contributed by atoms with Crippen LogP contribution in [-0.4, -0.2) is 56.1 Å². The second-order valence-corrected chi connectivity index (χ2v) is 7.84. The van der Waals surface area contributed by atoms with E-state index in [4.69, 9.17) is 18.9 Å². The zero-order valence-corrected chi connectivity index (χ0v) is 18.1. The van der Waals surface area contributed by atoms with Crippen molar-refractivity contribution in [2.75, 3.05) is 33.9 Å². The van der Waals surface area contributed by atoms with Crippen molar-refractivity contribution in [3.05, 3.63) is 47.5 Å². The first kappa shape index (κ1) is 21.0. The Labute approximate surface area is 181 Å². The van der Waals surface area contributed by atoms with Gasteiger partial charge in [0.2, 0.25) is 0 Å². The van der Waals surface area contributed by atoms with Crippen LogP contribution in [-0.2, 0) is 0 Å². The van der Waals surface area contributed by atoms with Crippen molar-refractivity contribution in [2.45, 2.75) is 31.8 Å². The summed E-state index contributed by atoms with van der Waals surface area (Å²) >= 11 is 0. The van der Waals surface area contributed by atoms with Crippen LogP contribution in [0.3, 0.4) is 0 Å². The average Bonchev–Trinajstić information content (AvgIpc) is 2.78. The maximum atomic E-state index is 13.0. The van der Waals surface area contributed by atoms with E-state index in [0.29, 0.717) is 66.7 Å². The molecule has 2 aromatic rings. The third-order valence-corrected chi connectivity index (χ3v) is 5.94. The standard InChI is InChI=1S/C24H27NO6/c1-4-30-17-7-5-6-16(12-17)23(27)25-10-8-24(9-11-25)15-19(26)22-20(29-3)13-18(28-2)14-21(22)31-24/h5-7,12-14H,4,8-11,15H2,1-3H3. The molecule has 0 unspecified atom stereocenters. The van der Waals surface area contributed by atoms with Gasteiger partial charge in [-0.2, -0.15) is 0 Å². The molecule has 4 rings (SSSR count). The quantitative estimate of drug-likeness (QED) is 0.727. The smallest absolute Gasteiger partial charge is 0.253 e. The number of rotatable bonds is 5. The SMILES string of the molecule is CCOc1cccc(C(=O)N2CCC3(CC2)CC(=O)c2c(OC)cc(OC)cc2O3)c1. The maximum absolute atomic E-state index is 13.0. The Bertz CT molecular complexity index is 994.